The Morgan fingerprint density at radius 3 is 2.64 bits per heavy atom. The molecular weight excluding hydrogens is 316 g/mol. The molecule has 3 rings (SSSR count). The zero-order valence-electron chi connectivity index (χ0n) is 15.2. The van der Waals surface area contributed by atoms with Gasteiger partial charge < -0.3 is 14.8 Å². The van der Waals surface area contributed by atoms with Crippen LogP contribution < -0.4 is 10.1 Å². The van der Waals surface area contributed by atoms with Gasteiger partial charge in [0.25, 0.3) is 0 Å². The lowest BCUT2D eigenvalue weighted by atomic mass is 10.0. The van der Waals surface area contributed by atoms with E-state index in [1.807, 2.05) is 19.1 Å². The molecule has 2 saturated heterocycles. The van der Waals surface area contributed by atoms with Crippen molar-refractivity contribution in [1.29, 1.82) is 0 Å². The van der Waals surface area contributed by atoms with Gasteiger partial charge in [0.1, 0.15) is 11.9 Å². The minimum Gasteiger partial charge on any atom is -0.494 e. The third kappa shape index (κ3) is 4.95. The largest absolute Gasteiger partial charge is 0.494 e. The molecule has 5 nitrogen and oxygen atoms in total. The van der Waals surface area contributed by atoms with Gasteiger partial charge in [0.2, 0.25) is 5.91 Å². The van der Waals surface area contributed by atoms with E-state index in [0.29, 0.717) is 19.8 Å². The van der Waals surface area contributed by atoms with Crippen LogP contribution >= 0.6 is 0 Å². The predicted octanol–water partition coefficient (Wildman–Crippen LogP) is 2.91. The van der Waals surface area contributed by atoms with Gasteiger partial charge in [-0.25, -0.2) is 0 Å². The minimum atomic E-state index is -0.262. The Labute approximate surface area is 150 Å². The van der Waals surface area contributed by atoms with Crippen molar-refractivity contribution < 1.29 is 14.3 Å². The smallest absolute Gasteiger partial charge is 0.249 e. The fraction of sp³-hybridized carbons (Fsp3) is 0.650. The number of benzene rings is 1. The first-order valence-electron chi connectivity index (χ1n) is 9.64. The summed E-state index contributed by atoms with van der Waals surface area (Å²) in [6.45, 7) is 6.18. The molecule has 1 N–H and O–H groups in total. The summed E-state index contributed by atoms with van der Waals surface area (Å²) in [7, 11) is 0. The summed E-state index contributed by atoms with van der Waals surface area (Å²) < 4.78 is 11.1. The molecule has 0 aliphatic carbocycles. The second-order valence-electron chi connectivity index (χ2n) is 6.86. The Morgan fingerprint density at radius 2 is 2.00 bits per heavy atom. The Hall–Kier alpha value is -1.59. The van der Waals surface area contributed by atoms with Gasteiger partial charge >= 0.3 is 0 Å². The molecule has 0 spiro atoms. The molecule has 0 aromatic heterocycles. The molecule has 1 aromatic carbocycles. The molecule has 0 saturated carbocycles. The van der Waals surface area contributed by atoms with Crippen molar-refractivity contribution in [3.63, 3.8) is 0 Å². The van der Waals surface area contributed by atoms with E-state index in [0.717, 1.165) is 31.7 Å². The predicted molar refractivity (Wildman–Crippen MR) is 97.8 cm³/mol. The SMILES string of the molecule is CCOc1ccc(C(CNC(=O)C2CCCO2)N2CCCCC2)cc1. The normalized spacial score (nSPS) is 22.5. The first-order chi connectivity index (χ1) is 12.3. The third-order valence-electron chi connectivity index (χ3n) is 5.10. The summed E-state index contributed by atoms with van der Waals surface area (Å²) in [4.78, 5) is 14.8. The molecule has 2 aliphatic heterocycles. The topological polar surface area (TPSA) is 50.8 Å². The number of rotatable bonds is 7. The van der Waals surface area contributed by atoms with Crippen molar-refractivity contribution in [1.82, 2.24) is 10.2 Å². The molecule has 25 heavy (non-hydrogen) atoms. The average molecular weight is 346 g/mol. The fourth-order valence-electron chi connectivity index (χ4n) is 3.74. The molecule has 138 valence electrons. The highest BCUT2D eigenvalue weighted by Gasteiger charge is 2.27. The van der Waals surface area contributed by atoms with Crippen LogP contribution in [0.3, 0.4) is 0 Å². The van der Waals surface area contributed by atoms with E-state index in [2.05, 4.69) is 22.3 Å². The third-order valence-corrected chi connectivity index (χ3v) is 5.10. The van der Waals surface area contributed by atoms with E-state index in [9.17, 15) is 4.79 Å². The molecule has 1 amide bonds. The molecule has 5 heteroatoms. The van der Waals surface area contributed by atoms with Crippen LogP contribution in [0.25, 0.3) is 0 Å². The van der Waals surface area contributed by atoms with E-state index < -0.39 is 0 Å². The number of nitrogens with zero attached hydrogens (tertiary/aromatic N) is 1. The van der Waals surface area contributed by atoms with Crippen LogP contribution in [0.5, 0.6) is 5.75 Å². The number of piperidine rings is 1. The quantitative estimate of drug-likeness (QED) is 0.825. The monoisotopic (exact) mass is 346 g/mol. The number of nitrogens with one attached hydrogen (secondary N) is 1. The highest BCUT2D eigenvalue weighted by Crippen LogP contribution is 2.26. The number of hydrogen-bond acceptors (Lipinski definition) is 4. The van der Waals surface area contributed by atoms with Gasteiger partial charge in [0.05, 0.1) is 12.6 Å². The van der Waals surface area contributed by atoms with E-state index in [-0.39, 0.29) is 18.1 Å². The van der Waals surface area contributed by atoms with Gasteiger partial charge in [0, 0.05) is 13.2 Å². The number of hydrogen-bond donors (Lipinski definition) is 1. The van der Waals surface area contributed by atoms with Crippen LogP contribution in [0.1, 0.15) is 50.6 Å². The maximum atomic E-state index is 12.3. The van der Waals surface area contributed by atoms with Crippen molar-refractivity contribution >= 4 is 5.91 Å². The van der Waals surface area contributed by atoms with Crippen molar-refractivity contribution in [2.75, 3.05) is 32.8 Å². The van der Waals surface area contributed by atoms with E-state index >= 15 is 0 Å². The van der Waals surface area contributed by atoms with Crippen molar-refractivity contribution in [3.05, 3.63) is 29.8 Å². The van der Waals surface area contributed by atoms with Crippen LogP contribution in [0.15, 0.2) is 24.3 Å². The van der Waals surface area contributed by atoms with Crippen LogP contribution in [-0.4, -0.2) is 49.8 Å². The molecule has 0 bridgehead atoms. The lowest BCUT2D eigenvalue weighted by molar-refractivity contribution is -0.130. The lowest BCUT2D eigenvalue weighted by Crippen LogP contribution is -2.43. The average Bonchev–Trinajstić information content (AvgIpc) is 3.19. The molecule has 0 radical (unpaired) electrons. The van der Waals surface area contributed by atoms with Crippen LogP contribution in [0, 0.1) is 0 Å². The number of carbonyl (C=O) groups is 1. The van der Waals surface area contributed by atoms with Crippen LogP contribution in [-0.2, 0) is 9.53 Å². The lowest BCUT2D eigenvalue weighted by Gasteiger charge is -2.35. The first kappa shape index (κ1) is 18.2. The van der Waals surface area contributed by atoms with Gasteiger partial charge in [0.15, 0.2) is 0 Å². The van der Waals surface area contributed by atoms with Crippen molar-refractivity contribution in [3.8, 4) is 5.75 Å². The maximum Gasteiger partial charge on any atom is 0.249 e. The molecule has 1 aromatic rings. The number of likely N-dealkylation sites (tertiary alicyclic amines) is 1. The number of carbonyl (C=O) groups excluding carboxylic acids is 1. The highest BCUT2D eigenvalue weighted by atomic mass is 16.5. The Bertz CT molecular complexity index is 534. The molecule has 2 heterocycles. The molecule has 2 fully saturated rings. The zero-order chi connectivity index (χ0) is 17.5. The second kappa shape index (κ2) is 9.20. The van der Waals surface area contributed by atoms with Gasteiger partial charge in [-0.2, -0.15) is 0 Å². The molecule has 2 aliphatic rings. The summed E-state index contributed by atoms with van der Waals surface area (Å²) in [6, 6.07) is 8.52. The Morgan fingerprint density at radius 1 is 1.24 bits per heavy atom. The highest BCUT2D eigenvalue weighted by molar-refractivity contribution is 5.81. The number of ether oxygens (including phenoxy) is 2. The molecule has 2 atom stereocenters. The molecular formula is C20H30N2O3. The van der Waals surface area contributed by atoms with E-state index in [1.165, 1.54) is 24.8 Å². The Kier molecular flexibility index (Phi) is 6.70. The fourth-order valence-corrected chi connectivity index (χ4v) is 3.74. The Balaban J connectivity index is 1.66. The second-order valence-corrected chi connectivity index (χ2v) is 6.86. The minimum absolute atomic E-state index is 0.0328. The van der Waals surface area contributed by atoms with Crippen LogP contribution in [0.2, 0.25) is 0 Å². The van der Waals surface area contributed by atoms with Crippen molar-refractivity contribution in [2.45, 2.75) is 51.2 Å². The standard InChI is InChI=1S/C20H30N2O3/c1-2-24-17-10-8-16(9-11-17)18(22-12-4-3-5-13-22)15-21-20(23)19-7-6-14-25-19/h8-11,18-19H,2-7,12-15H2,1H3,(H,21,23). The summed E-state index contributed by atoms with van der Waals surface area (Å²) in [5.41, 5.74) is 1.23. The first-order valence-corrected chi connectivity index (χ1v) is 9.64. The number of amides is 1. The summed E-state index contributed by atoms with van der Waals surface area (Å²) in [5, 5.41) is 3.12. The van der Waals surface area contributed by atoms with E-state index in [4.69, 9.17) is 9.47 Å². The molecule has 2 unspecified atom stereocenters. The van der Waals surface area contributed by atoms with Crippen LogP contribution in [0.4, 0.5) is 0 Å². The van der Waals surface area contributed by atoms with Gasteiger partial charge in [-0.05, 0) is 63.4 Å². The summed E-state index contributed by atoms with van der Waals surface area (Å²) in [5.74, 6) is 0.928. The van der Waals surface area contributed by atoms with E-state index in [1.54, 1.807) is 0 Å². The maximum absolute atomic E-state index is 12.3. The van der Waals surface area contributed by atoms with Crippen molar-refractivity contribution in [2.24, 2.45) is 0 Å². The zero-order valence-corrected chi connectivity index (χ0v) is 15.2. The van der Waals surface area contributed by atoms with Gasteiger partial charge in [-0.15, -0.1) is 0 Å². The summed E-state index contributed by atoms with van der Waals surface area (Å²) >= 11 is 0. The van der Waals surface area contributed by atoms with Gasteiger partial charge in [-0.1, -0.05) is 18.6 Å². The van der Waals surface area contributed by atoms with Gasteiger partial charge in [-0.3, -0.25) is 9.69 Å². The summed E-state index contributed by atoms with van der Waals surface area (Å²) in [6.07, 6.45) is 5.31.